The number of ether oxygens (including phenoxy) is 1. The number of rotatable bonds is 6. The van der Waals surface area contributed by atoms with Crippen LogP contribution in [-0.2, 0) is 4.74 Å². The highest BCUT2D eigenvalue weighted by molar-refractivity contribution is 7.12. The summed E-state index contributed by atoms with van der Waals surface area (Å²) in [6.07, 6.45) is 0.0502. The fourth-order valence-corrected chi connectivity index (χ4v) is 3.28. The molecule has 0 aliphatic heterocycles. The van der Waals surface area contributed by atoms with Gasteiger partial charge in [0, 0.05) is 16.4 Å². The molecule has 0 saturated heterocycles. The van der Waals surface area contributed by atoms with Gasteiger partial charge in [0.25, 0.3) is 0 Å². The number of thiophene rings is 1. The minimum Gasteiger partial charge on any atom is -0.372 e. The number of nitrogens with one attached hydrogen (secondary N) is 1. The standard InChI is InChI=1S/C16H21NOS/c1-4-18-16(13-8-6-5-7-9-13)15(17-3)14-11-10-12(2)19-14/h5-11,15-17H,4H2,1-3H3. The van der Waals surface area contributed by atoms with Crippen molar-refractivity contribution in [2.75, 3.05) is 13.7 Å². The van der Waals surface area contributed by atoms with E-state index in [0.717, 1.165) is 0 Å². The number of aryl methyl sites for hydroxylation is 1. The molecule has 19 heavy (non-hydrogen) atoms. The van der Waals surface area contributed by atoms with Crippen LogP contribution in [0.15, 0.2) is 42.5 Å². The molecule has 2 atom stereocenters. The molecule has 2 unspecified atom stereocenters. The Hall–Kier alpha value is -1.16. The number of hydrogen-bond acceptors (Lipinski definition) is 3. The van der Waals surface area contributed by atoms with Gasteiger partial charge >= 0.3 is 0 Å². The highest BCUT2D eigenvalue weighted by atomic mass is 32.1. The Morgan fingerprint density at radius 2 is 1.89 bits per heavy atom. The van der Waals surface area contributed by atoms with Crippen LogP contribution >= 0.6 is 11.3 Å². The molecule has 1 heterocycles. The minimum absolute atomic E-state index is 0.0502. The Morgan fingerprint density at radius 1 is 1.16 bits per heavy atom. The maximum Gasteiger partial charge on any atom is 0.103 e. The van der Waals surface area contributed by atoms with Crippen LogP contribution in [0, 0.1) is 6.92 Å². The SMILES string of the molecule is CCOC(c1ccccc1)C(NC)c1ccc(C)s1. The van der Waals surface area contributed by atoms with Crippen LogP contribution in [0.5, 0.6) is 0 Å². The van der Waals surface area contributed by atoms with Gasteiger partial charge in [-0.2, -0.15) is 0 Å². The zero-order chi connectivity index (χ0) is 13.7. The van der Waals surface area contributed by atoms with Crippen molar-refractivity contribution in [3.8, 4) is 0 Å². The Balaban J connectivity index is 2.31. The number of likely N-dealkylation sites (N-methyl/N-ethyl adjacent to an activating group) is 1. The molecule has 0 radical (unpaired) electrons. The zero-order valence-corrected chi connectivity index (χ0v) is 12.5. The molecule has 1 aromatic heterocycles. The first-order valence-electron chi connectivity index (χ1n) is 6.66. The van der Waals surface area contributed by atoms with E-state index in [9.17, 15) is 0 Å². The van der Waals surface area contributed by atoms with Crippen LogP contribution in [0.25, 0.3) is 0 Å². The molecule has 0 aliphatic carbocycles. The van der Waals surface area contributed by atoms with Crippen molar-refractivity contribution in [1.29, 1.82) is 0 Å². The molecule has 0 bridgehead atoms. The van der Waals surface area contributed by atoms with E-state index in [-0.39, 0.29) is 12.1 Å². The molecule has 3 heteroatoms. The summed E-state index contributed by atoms with van der Waals surface area (Å²) < 4.78 is 5.99. The Morgan fingerprint density at radius 3 is 2.42 bits per heavy atom. The molecule has 2 aromatic rings. The van der Waals surface area contributed by atoms with Gasteiger partial charge in [0.1, 0.15) is 6.10 Å². The van der Waals surface area contributed by atoms with Crippen molar-refractivity contribution in [2.24, 2.45) is 0 Å². The maximum absolute atomic E-state index is 5.99. The van der Waals surface area contributed by atoms with Crippen molar-refractivity contribution in [3.05, 3.63) is 57.8 Å². The molecule has 2 rings (SSSR count). The topological polar surface area (TPSA) is 21.3 Å². The van der Waals surface area contributed by atoms with Gasteiger partial charge in [-0.1, -0.05) is 30.3 Å². The molecule has 2 nitrogen and oxygen atoms in total. The Kier molecular flexibility index (Phi) is 5.14. The maximum atomic E-state index is 5.99. The van der Waals surface area contributed by atoms with E-state index in [2.05, 4.69) is 48.6 Å². The van der Waals surface area contributed by atoms with Gasteiger partial charge in [-0.3, -0.25) is 0 Å². The lowest BCUT2D eigenvalue weighted by molar-refractivity contribution is 0.0356. The molecular weight excluding hydrogens is 254 g/mol. The Bertz CT molecular complexity index is 494. The first-order chi connectivity index (χ1) is 9.26. The summed E-state index contributed by atoms with van der Waals surface area (Å²) in [4.78, 5) is 2.65. The number of hydrogen-bond donors (Lipinski definition) is 1. The highest BCUT2D eigenvalue weighted by Crippen LogP contribution is 2.35. The van der Waals surface area contributed by atoms with Crippen molar-refractivity contribution < 1.29 is 4.74 Å². The van der Waals surface area contributed by atoms with Crippen molar-refractivity contribution in [2.45, 2.75) is 26.0 Å². The molecule has 0 amide bonds. The van der Waals surface area contributed by atoms with Crippen LogP contribution in [0.4, 0.5) is 0 Å². The van der Waals surface area contributed by atoms with E-state index in [4.69, 9.17) is 4.74 Å². The molecule has 1 aromatic carbocycles. The average Bonchev–Trinajstić information content (AvgIpc) is 2.86. The lowest BCUT2D eigenvalue weighted by Gasteiger charge is -2.26. The van der Waals surface area contributed by atoms with Crippen LogP contribution in [0.2, 0.25) is 0 Å². The Labute approximate surface area is 119 Å². The van der Waals surface area contributed by atoms with E-state index < -0.39 is 0 Å². The first kappa shape index (κ1) is 14.3. The second-order valence-corrected chi connectivity index (χ2v) is 5.82. The van der Waals surface area contributed by atoms with Crippen LogP contribution in [0.1, 0.15) is 34.4 Å². The number of benzene rings is 1. The van der Waals surface area contributed by atoms with E-state index in [1.54, 1.807) is 0 Å². The summed E-state index contributed by atoms with van der Waals surface area (Å²) in [5.74, 6) is 0. The fraction of sp³-hybridized carbons (Fsp3) is 0.375. The molecule has 0 spiro atoms. The van der Waals surface area contributed by atoms with Gasteiger partial charge < -0.3 is 10.1 Å². The summed E-state index contributed by atoms with van der Waals surface area (Å²) in [7, 11) is 1.99. The highest BCUT2D eigenvalue weighted by Gasteiger charge is 2.24. The first-order valence-corrected chi connectivity index (χ1v) is 7.48. The third kappa shape index (κ3) is 3.44. The van der Waals surface area contributed by atoms with Gasteiger partial charge in [-0.25, -0.2) is 0 Å². The summed E-state index contributed by atoms with van der Waals surface area (Å²) in [5, 5.41) is 3.40. The van der Waals surface area contributed by atoms with E-state index in [1.165, 1.54) is 15.3 Å². The van der Waals surface area contributed by atoms with E-state index in [0.29, 0.717) is 6.61 Å². The largest absolute Gasteiger partial charge is 0.372 e. The van der Waals surface area contributed by atoms with Gasteiger partial charge in [0.15, 0.2) is 0 Å². The summed E-state index contributed by atoms with van der Waals surface area (Å²) in [5.41, 5.74) is 1.22. The van der Waals surface area contributed by atoms with E-state index in [1.807, 2.05) is 31.4 Å². The van der Waals surface area contributed by atoms with Crippen molar-refractivity contribution >= 4 is 11.3 Å². The average molecular weight is 275 g/mol. The molecule has 0 fully saturated rings. The van der Waals surface area contributed by atoms with Gasteiger partial charge in [0.05, 0.1) is 6.04 Å². The second kappa shape index (κ2) is 6.85. The van der Waals surface area contributed by atoms with Crippen LogP contribution < -0.4 is 5.32 Å². The smallest absolute Gasteiger partial charge is 0.103 e. The summed E-state index contributed by atoms with van der Waals surface area (Å²) in [6.45, 7) is 4.89. The lowest BCUT2D eigenvalue weighted by Crippen LogP contribution is -2.25. The summed E-state index contributed by atoms with van der Waals surface area (Å²) >= 11 is 1.83. The molecule has 1 N–H and O–H groups in total. The van der Waals surface area contributed by atoms with Crippen molar-refractivity contribution in [3.63, 3.8) is 0 Å². The monoisotopic (exact) mass is 275 g/mol. The normalized spacial score (nSPS) is 14.3. The lowest BCUT2D eigenvalue weighted by atomic mass is 10.0. The molecule has 102 valence electrons. The molecular formula is C16H21NOS. The summed E-state index contributed by atoms with van der Waals surface area (Å²) in [6, 6.07) is 15.0. The van der Waals surface area contributed by atoms with Gasteiger partial charge in [-0.15, -0.1) is 11.3 Å². The third-order valence-corrected chi connectivity index (χ3v) is 4.24. The fourth-order valence-electron chi connectivity index (χ4n) is 2.27. The van der Waals surface area contributed by atoms with Gasteiger partial charge in [-0.05, 0) is 38.6 Å². The second-order valence-electron chi connectivity index (χ2n) is 4.50. The van der Waals surface area contributed by atoms with Crippen LogP contribution in [0.3, 0.4) is 0 Å². The van der Waals surface area contributed by atoms with Crippen molar-refractivity contribution in [1.82, 2.24) is 5.32 Å². The predicted molar refractivity (Wildman–Crippen MR) is 81.7 cm³/mol. The molecule has 0 saturated carbocycles. The quantitative estimate of drug-likeness (QED) is 0.857. The van der Waals surface area contributed by atoms with E-state index >= 15 is 0 Å². The predicted octanol–water partition coefficient (Wildman–Crippen LogP) is 4.09. The zero-order valence-electron chi connectivity index (χ0n) is 11.7. The van der Waals surface area contributed by atoms with Gasteiger partial charge in [0.2, 0.25) is 0 Å². The molecule has 0 aliphatic rings. The minimum atomic E-state index is 0.0502. The third-order valence-electron chi connectivity index (χ3n) is 3.16. The van der Waals surface area contributed by atoms with Crippen LogP contribution in [-0.4, -0.2) is 13.7 Å².